The molecule has 33 heavy (non-hydrogen) atoms. The summed E-state index contributed by atoms with van der Waals surface area (Å²) in [4.78, 5) is 32.1. The van der Waals surface area contributed by atoms with Gasteiger partial charge in [0.05, 0.1) is 27.6 Å². The molecule has 0 saturated heterocycles. The Balaban J connectivity index is 1.47. The van der Waals surface area contributed by atoms with Gasteiger partial charge in [0.15, 0.2) is 0 Å². The number of carbonyl (C=O) groups is 2. The second-order valence-electron chi connectivity index (χ2n) is 7.59. The van der Waals surface area contributed by atoms with Gasteiger partial charge >= 0.3 is 0 Å². The summed E-state index contributed by atoms with van der Waals surface area (Å²) in [6, 6.07) is 10.1. The van der Waals surface area contributed by atoms with E-state index in [-0.39, 0.29) is 33.2 Å². The van der Waals surface area contributed by atoms with Crippen molar-refractivity contribution in [1.82, 2.24) is 15.2 Å². The van der Waals surface area contributed by atoms with Crippen LogP contribution in [0.1, 0.15) is 25.6 Å². The minimum atomic E-state index is -3.92. The average molecular weight is 487 g/mol. The zero-order chi connectivity index (χ0) is 23.6. The number of fused-ring (bicyclic) bond motifs is 2. The molecule has 1 aromatic heterocycles. The predicted octanol–water partition coefficient (Wildman–Crippen LogP) is 2.41. The third-order valence-corrected chi connectivity index (χ3v) is 7.70. The lowest BCUT2D eigenvalue weighted by Crippen LogP contribution is -2.22. The van der Waals surface area contributed by atoms with Crippen LogP contribution in [0.25, 0.3) is 0 Å². The van der Waals surface area contributed by atoms with Crippen LogP contribution in [0.3, 0.4) is 0 Å². The van der Waals surface area contributed by atoms with Gasteiger partial charge in [0.2, 0.25) is 9.84 Å². The van der Waals surface area contributed by atoms with E-state index in [2.05, 4.69) is 15.6 Å². The number of aromatic nitrogens is 1. The van der Waals surface area contributed by atoms with Crippen LogP contribution in [0.4, 0.5) is 5.69 Å². The predicted molar refractivity (Wildman–Crippen MR) is 124 cm³/mol. The van der Waals surface area contributed by atoms with Crippen LogP contribution in [0, 0.1) is 0 Å². The van der Waals surface area contributed by atoms with E-state index in [9.17, 15) is 18.0 Å². The van der Waals surface area contributed by atoms with E-state index in [4.69, 9.17) is 4.74 Å². The van der Waals surface area contributed by atoms with Gasteiger partial charge in [-0.25, -0.2) is 13.4 Å². The topological polar surface area (TPSA) is 118 Å². The van der Waals surface area contributed by atoms with Crippen LogP contribution in [-0.4, -0.2) is 57.4 Å². The van der Waals surface area contributed by atoms with Gasteiger partial charge in [-0.05, 0) is 44.4 Å². The highest BCUT2D eigenvalue weighted by atomic mass is 32.2. The number of hydrogen-bond acceptors (Lipinski definition) is 8. The first-order valence-electron chi connectivity index (χ1n) is 10.1. The number of amides is 2. The van der Waals surface area contributed by atoms with Crippen molar-refractivity contribution in [2.45, 2.75) is 16.3 Å². The van der Waals surface area contributed by atoms with E-state index in [0.717, 1.165) is 11.4 Å². The van der Waals surface area contributed by atoms with Crippen molar-refractivity contribution in [2.24, 2.45) is 0 Å². The summed E-state index contributed by atoms with van der Waals surface area (Å²) in [7, 11) is -0.0121. The zero-order valence-corrected chi connectivity index (χ0v) is 19.6. The summed E-state index contributed by atoms with van der Waals surface area (Å²) in [5, 5.41) is 5.91. The molecule has 9 nitrogen and oxygen atoms in total. The smallest absolute Gasteiger partial charge is 0.273 e. The molecule has 0 unspecified atom stereocenters. The minimum Gasteiger partial charge on any atom is -0.469 e. The molecule has 11 heteroatoms. The highest BCUT2D eigenvalue weighted by Crippen LogP contribution is 2.34. The first-order chi connectivity index (χ1) is 15.8. The summed E-state index contributed by atoms with van der Waals surface area (Å²) in [6.45, 7) is 1.52. The maximum atomic E-state index is 13.1. The van der Waals surface area contributed by atoms with Crippen molar-refractivity contribution in [3.05, 3.63) is 64.7 Å². The minimum absolute atomic E-state index is 0.0562. The number of thiazole rings is 1. The lowest BCUT2D eigenvalue weighted by atomic mass is 10.1. The lowest BCUT2D eigenvalue weighted by Gasteiger charge is -2.10. The lowest BCUT2D eigenvalue weighted by molar-refractivity contribution is 0.0949. The van der Waals surface area contributed by atoms with Gasteiger partial charge in [-0.3, -0.25) is 9.59 Å². The van der Waals surface area contributed by atoms with Crippen molar-refractivity contribution in [1.29, 1.82) is 0 Å². The molecule has 1 aliphatic heterocycles. The molecule has 2 amide bonds. The van der Waals surface area contributed by atoms with Crippen molar-refractivity contribution in [3.8, 4) is 5.19 Å². The normalized spacial score (nSPS) is 14.1. The first kappa shape index (κ1) is 22.9. The Hall–Kier alpha value is -3.28. The van der Waals surface area contributed by atoms with Crippen molar-refractivity contribution >= 4 is 38.7 Å². The molecular formula is C22H22N4O5S2. The fourth-order valence-electron chi connectivity index (χ4n) is 3.22. The van der Waals surface area contributed by atoms with E-state index in [1.54, 1.807) is 18.3 Å². The van der Waals surface area contributed by atoms with Crippen molar-refractivity contribution in [2.75, 3.05) is 32.6 Å². The number of nitrogens with one attached hydrogen (secondary N) is 2. The van der Waals surface area contributed by atoms with Crippen LogP contribution in [0.2, 0.25) is 0 Å². The number of carbonyl (C=O) groups excluding carboxylic acids is 2. The molecule has 2 N–H and O–H groups in total. The molecule has 0 atom stereocenters. The zero-order valence-electron chi connectivity index (χ0n) is 18.0. The maximum Gasteiger partial charge on any atom is 0.273 e. The second kappa shape index (κ2) is 9.30. The highest BCUT2D eigenvalue weighted by molar-refractivity contribution is 7.91. The molecule has 3 aromatic rings. The van der Waals surface area contributed by atoms with Gasteiger partial charge in [-0.1, -0.05) is 23.5 Å². The summed E-state index contributed by atoms with van der Waals surface area (Å²) in [6.07, 6.45) is 1.64. The van der Waals surface area contributed by atoms with Gasteiger partial charge in [-0.2, -0.15) is 0 Å². The molecule has 0 spiro atoms. The number of likely N-dealkylation sites (N-methyl/N-ethyl adjacent to an activating group) is 1. The number of ether oxygens (including phenoxy) is 1. The van der Waals surface area contributed by atoms with E-state index in [1.807, 2.05) is 19.0 Å². The molecule has 2 aromatic carbocycles. The van der Waals surface area contributed by atoms with Gasteiger partial charge < -0.3 is 20.3 Å². The summed E-state index contributed by atoms with van der Waals surface area (Å²) in [5.74, 6) is -0.952. The molecule has 1 aliphatic rings. The molecule has 2 heterocycles. The SMILES string of the molecule is CN(C)CCOc1ncc(CNC(=O)c2ccc3c(c2)NC(=O)c2ccccc2S3(=O)=O)s1. The standard InChI is InChI=1S/C22H22N4O5S2/c1-26(2)9-10-31-22-24-13-15(32-22)12-23-20(27)14-7-8-19-17(11-14)25-21(28)16-5-3-4-6-18(16)33(19,29)30/h3-8,11,13H,9-10,12H2,1-2H3,(H,23,27)(H,25,28). The molecule has 172 valence electrons. The largest absolute Gasteiger partial charge is 0.469 e. The first-order valence-corrected chi connectivity index (χ1v) is 12.4. The third kappa shape index (κ3) is 4.90. The summed E-state index contributed by atoms with van der Waals surface area (Å²) >= 11 is 1.34. The van der Waals surface area contributed by atoms with Gasteiger partial charge in [0.1, 0.15) is 6.61 Å². The number of nitrogens with zero attached hydrogens (tertiary/aromatic N) is 2. The molecule has 4 rings (SSSR count). The fourth-order valence-corrected chi connectivity index (χ4v) is 5.54. The van der Waals surface area contributed by atoms with Crippen LogP contribution >= 0.6 is 11.3 Å². The summed E-state index contributed by atoms with van der Waals surface area (Å²) in [5.41, 5.74) is 0.355. The fraction of sp³-hybridized carbons (Fsp3) is 0.227. The van der Waals surface area contributed by atoms with Crippen molar-refractivity contribution in [3.63, 3.8) is 0 Å². The quantitative estimate of drug-likeness (QED) is 0.527. The van der Waals surface area contributed by atoms with Crippen LogP contribution in [0.15, 0.2) is 58.5 Å². The Morgan fingerprint density at radius 2 is 1.97 bits per heavy atom. The van der Waals surface area contributed by atoms with Crippen molar-refractivity contribution < 1.29 is 22.7 Å². The van der Waals surface area contributed by atoms with Gasteiger partial charge in [0, 0.05) is 23.2 Å². The number of rotatable bonds is 7. The Morgan fingerprint density at radius 3 is 2.76 bits per heavy atom. The van der Waals surface area contributed by atoms with E-state index in [1.165, 1.54) is 41.7 Å². The Kier molecular flexibility index (Phi) is 6.45. The second-order valence-corrected chi connectivity index (χ2v) is 10.6. The highest BCUT2D eigenvalue weighted by Gasteiger charge is 2.31. The van der Waals surface area contributed by atoms with Crippen LogP contribution < -0.4 is 15.4 Å². The molecule has 0 radical (unpaired) electrons. The monoisotopic (exact) mass is 486 g/mol. The third-order valence-electron chi connectivity index (χ3n) is 4.92. The Bertz CT molecular complexity index is 1320. The molecular weight excluding hydrogens is 464 g/mol. The van der Waals surface area contributed by atoms with Gasteiger partial charge in [-0.15, -0.1) is 0 Å². The summed E-state index contributed by atoms with van der Waals surface area (Å²) < 4.78 is 31.7. The van der Waals surface area contributed by atoms with E-state index < -0.39 is 21.7 Å². The molecule has 0 aliphatic carbocycles. The van der Waals surface area contributed by atoms with Gasteiger partial charge in [0.25, 0.3) is 17.0 Å². The molecule has 0 bridgehead atoms. The number of benzene rings is 2. The molecule has 0 saturated carbocycles. The average Bonchev–Trinajstić information content (AvgIpc) is 3.21. The number of anilines is 1. The number of hydrogen-bond donors (Lipinski definition) is 2. The van der Waals surface area contributed by atoms with E-state index in [0.29, 0.717) is 11.8 Å². The van der Waals surface area contributed by atoms with E-state index >= 15 is 0 Å². The maximum absolute atomic E-state index is 13.1. The van der Waals surface area contributed by atoms with Crippen LogP contribution in [0.5, 0.6) is 5.19 Å². The van der Waals surface area contributed by atoms with Crippen LogP contribution in [-0.2, 0) is 16.4 Å². The Labute approximate surface area is 195 Å². The molecule has 0 fully saturated rings. The Morgan fingerprint density at radius 1 is 1.18 bits per heavy atom. The number of sulfone groups is 1.